The average molecular weight is 309 g/mol. The second-order valence-corrected chi connectivity index (χ2v) is 5.28. The van der Waals surface area contributed by atoms with Crippen molar-refractivity contribution in [2.45, 2.75) is 0 Å². The highest BCUT2D eigenvalue weighted by Crippen LogP contribution is 2.26. The van der Waals surface area contributed by atoms with E-state index in [9.17, 15) is 4.79 Å². The van der Waals surface area contributed by atoms with E-state index >= 15 is 0 Å². The van der Waals surface area contributed by atoms with E-state index in [1.807, 2.05) is 43.3 Å². The molecule has 0 atom stereocenters. The van der Waals surface area contributed by atoms with E-state index in [4.69, 9.17) is 23.2 Å². The van der Waals surface area contributed by atoms with Gasteiger partial charge in [0.05, 0.1) is 15.6 Å². The standard InChI is InChI=1S/C15H14Cl2N2O/c1-19(2)11-8-6-10(7-9-11)18-15(20)12-4-3-5-13(16)14(12)17/h3-9H,1-2H3,(H,18,20). The summed E-state index contributed by atoms with van der Waals surface area (Å²) in [5.74, 6) is -0.282. The first-order valence-corrected chi connectivity index (χ1v) is 6.77. The third kappa shape index (κ3) is 3.24. The summed E-state index contributed by atoms with van der Waals surface area (Å²) in [7, 11) is 3.92. The van der Waals surface area contributed by atoms with Gasteiger partial charge in [-0.2, -0.15) is 0 Å². The summed E-state index contributed by atoms with van der Waals surface area (Å²) in [5, 5.41) is 3.42. The first-order valence-electron chi connectivity index (χ1n) is 6.02. The van der Waals surface area contributed by atoms with Crippen LogP contribution in [-0.4, -0.2) is 20.0 Å². The maximum Gasteiger partial charge on any atom is 0.257 e. The van der Waals surface area contributed by atoms with Crippen LogP contribution in [0.2, 0.25) is 10.0 Å². The van der Waals surface area contributed by atoms with Gasteiger partial charge in [0, 0.05) is 25.5 Å². The number of halogens is 2. The molecule has 0 aromatic heterocycles. The Labute approximate surface area is 128 Å². The van der Waals surface area contributed by atoms with Crippen LogP contribution in [0.3, 0.4) is 0 Å². The molecule has 0 saturated heterocycles. The van der Waals surface area contributed by atoms with E-state index in [0.717, 1.165) is 5.69 Å². The van der Waals surface area contributed by atoms with Crippen molar-refractivity contribution in [3.8, 4) is 0 Å². The molecule has 5 heteroatoms. The average Bonchev–Trinajstić information content (AvgIpc) is 2.42. The van der Waals surface area contributed by atoms with Crippen molar-refractivity contribution in [3.63, 3.8) is 0 Å². The van der Waals surface area contributed by atoms with Gasteiger partial charge in [0.2, 0.25) is 0 Å². The molecule has 0 radical (unpaired) electrons. The minimum Gasteiger partial charge on any atom is -0.378 e. The number of amides is 1. The first kappa shape index (κ1) is 14.7. The highest BCUT2D eigenvalue weighted by molar-refractivity contribution is 6.44. The van der Waals surface area contributed by atoms with Crippen molar-refractivity contribution in [1.82, 2.24) is 0 Å². The molecule has 0 aliphatic carbocycles. The number of carbonyl (C=O) groups is 1. The monoisotopic (exact) mass is 308 g/mol. The minimum atomic E-state index is -0.282. The fourth-order valence-corrected chi connectivity index (χ4v) is 2.11. The van der Waals surface area contributed by atoms with Crippen LogP contribution in [0.25, 0.3) is 0 Å². The lowest BCUT2D eigenvalue weighted by molar-refractivity contribution is 0.102. The number of carbonyl (C=O) groups excluding carboxylic acids is 1. The number of rotatable bonds is 3. The normalized spacial score (nSPS) is 10.2. The van der Waals surface area contributed by atoms with Crippen molar-refractivity contribution < 1.29 is 4.79 Å². The molecule has 2 rings (SSSR count). The zero-order valence-electron chi connectivity index (χ0n) is 11.2. The fourth-order valence-electron chi connectivity index (χ4n) is 1.72. The molecule has 0 heterocycles. The molecule has 0 unspecified atom stereocenters. The van der Waals surface area contributed by atoms with Gasteiger partial charge in [-0.1, -0.05) is 29.3 Å². The van der Waals surface area contributed by atoms with Crippen LogP contribution in [0.4, 0.5) is 11.4 Å². The summed E-state index contributed by atoms with van der Waals surface area (Å²) in [4.78, 5) is 14.1. The molecule has 0 saturated carbocycles. The van der Waals surface area contributed by atoms with Gasteiger partial charge in [-0.25, -0.2) is 0 Å². The Morgan fingerprint density at radius 3 is 2.30 bits per heavy atom. The Balaban J connectivity index is 2.17. The summed E-state index contributed by atoms with van der Waals surface area (Å²) in [6.07, 6.45) is 0. The van der Waals surface area contributed by atoms with Gasteiger partial charge in [0.1, 0.15) is 0 Å². The van der Waals surface area contributed by atoms with Gasteiger partial charge in [-0.3, -0.25) is 4.79 Å². The summed E-state index contributed by atoms with van der Waals surface area (Å²) < 4.78 is 0. The molecule has 0 aliphatic heterocycles. The van der Waals surface area contributed by atoms with Crippen molar-refractivity contribution in [1.29, 1.82) is 0 Å². The Morgan fingerprint density at radius 2 is 1.70 bits per heavy atom. The number of nitrogens with zero attached hydrogens (tertiary/aromatic N) is 1. The van der Waals surface area contributed by atoms with E-state index in [-0.39, 0.29) is 10.9 Å². The van der Waals surface area contributed by atoms with Gasteiger partial charge < -0.3 is 10.2 Å². The molecule has 104 valence electrons. The van der Waals surface area contributed by atoms with Crippen LogP contribution in [0, 0.1) is 0 Å². The molecule has 0 fully saturated rings. The van der Waals surface area contributed by atoms with Crippen molar-refractivity contribution in [3.05, 3.63) is 58.1 Å². The SMILES string of the molecule is CN(C)c1ccc(NC(=O)c2cccc(Cl)c2Cl)cc1. The maximum atomic E-state index is 12.1. The van der Waals surface area contributed by atoms with Gasteiger partial charge in [0.25, 0.3) is 5.91 Å². The fraction of sp³-hybridized carbons (Fsp3) is 0.133. The second kappa shape index (κ2) is 6.16. The zero-order valence-corrected chi connectivity index (χ0v) is 12.7. The summed E-state index contributed by atoms with van der Waals surface area (Å²) >= 11 is 11.9. The third-order valence-electron chi connectivity index (χ3n) is 2.84. The molecular formula is C15H14Cl2N2O. The molecule has 20 heavy (non-hydrogen) atoms. The van der Waals surface area contributed by atoms with Crippen LogP contribution in [0.5, 0.6) is 0 Å². The van der Waals surface area contributed by atoms with Crippen LogP contribution in [0.1, 0.15) is 10.4 Å². The largest absolute Gasteiger partial charge is 0.378 e. The smallest absolute Gasteiger partial charge is 0.257 e. The summed E-state index contributed by atoms with van der Waals surface area (Å²) in [6.45, 7) is 0. The number of nitrogens with one attached hydrogen (secondary N) is 1. The predicted molar refractivity (Wildman–Crippen MR) is 85.2 cm³/mol. The predicted octanol–water partition coefficient (Wildman–Crippen LogP) is 4.31. The highest BCUT2D eigenvalue weighted by atomic mass is 35.5. The Morgan fingerprint density at radius 1 is 1.05 bits per heavy atom. The Bertz CT molecular complexity index is 624. The van der Waals surface area contributed by atoms with E-state index in [2.05, 4.69) is 5.32 Å². The molecule has 2 aromatic rings. The minimum absolute atomic E-state index is 0.261. The van der Waals surface area contributed by atoms with E-state index in [1.54, 1.807) is 18.2 Å². The Hall–Kier alpha value is -1.71. The second-order valence-electron chi connectivity index (χ2n) is 4.50. The van der Waals surface area contributed by atoms with Crippen LogP contribution < -0.4 is 10.2 Å². The number of hydrogen-bond acceptors (Lipinski definition) is 2. The lowest BCUT2D eigenvalue weighted by Crippen LogP contribution is -2.13. The van der Waals surface area contributed by atoms with Crippen LogP contribution in [0.15, 0.2) is 42.5 Å². The van der Waals surface area contributed by atoms with E-state index in [1.165, 1.54) is 0 Å². The van der Waals surface area contributed by atoms with Gasteiger partial charge >= 0.3 is 0 Å². The van der Waals surface area contributed by atoms with Gasteiger partial charge in [-0.15, -0.1) is 0 Å². The molecule has 0 bridgehead atoms. The first-order chi connectivity index (χ1) is 9.49. The third-order valence-corrected chi connectivity index (χ3v) is 3.66. The molecule has 0 aliphatic rings. The molecule has 1 N–H and O–H groups in total. The summed E-state index contributed by atoms with van der Waals surface area (Å²) in [6, 6.07) is 12.5. The highest BCUT2D eigenvalue weighted by Gasteiger charge is 2.12. The topological polar surface area (TPSA) is 32.3 Å². The Kier molecular flexibility index (Phi) is 4.53. The van der Waals surface area contributed by atoms with Crippen LogP contribution in [-0.2, 0) is 0 Å². The molecular weight excluding hydrogens is 295 g/mol. The van der Waals surface area contributed by atoms with Gasteiger partial charge in [-0.05, 0) is 36.4 Å². The van der Waals surface area contributed by atoms with Gasteiger partial charge in [0.15, 0.2) is 0 Å². The van der Waals surface area contributed by atoms with Crippen molar-refractivity contribution >= 4 is 40.5 Å². The molecule has 0 spiro atoms. The number of hydrogen-bond donors (Lipinski definition) is 1. The van der Waals surface area contributed by atoms with Crippen molar-refractivity contribution in [2.75, 3.05) is 24.3 Å². The molecule has 1 amide bonds. The quantitative estimate of drug-likeness (QED) is 0.916. The van der Waals surface area contributed by atoms with E-state index < -0.39 is 0 Å². The number of benzene rings is 2. The van der Waals surface area contributed by atoms with Crippen molar-refractivity contribution in [2.24, 2.45) is 0 Å². The summed E-state index contributed by atoms with van der Waals surface area (Å²) in [5.41, 5.74) is 2.12. The lowest BCUT2D eigenvalue weighted by Gasteiger charge is -2.13. The van der Waals surface area contributed by atoms with Crippen LogP contribution >= 0.6 is 23.2 Å². The zero-order chi connectivity index (χ0) is 14.7. The van der Waals surface area contributed by atoms with E-state index in [0.29, 0.717) is 16.3 Å². The maximum absolute atomic E-state index is 12.1. The molecule has 2 aromatic carbocycles. The molecule has 3 nitrogen and oxygen atoms in total. The number of anilines is 2. The lowest BCUT2D eigenvalue weighted by atomic mass is 10.2.